The molecule has 0 aromatic heterocycles. The van der Waals surface area contributed by atoms with Crippen LogP contribution >= 0.6 is 23.2 Å². The Hall–Kier alpha value is -3.70. The molecule has 0 saturated carbocycles. The molecule has 0 aliphatic carbocycles. The normalized spacial score (nSPS) is 11.7. The van der Waals surface area contributed by atoms with Crippen LogP contribution in [-0.2, 0) is 10.1 Å². The Morgan fingerprint density at radius 1 is 1.03 bits per heavy atom. The molecule has 0 radical (unpaired) electrons. The maximum absolute atomic E-state index is 13.2. The Labute approximate surface area is 222 Å². The van der Waals surface area contributed by atoms with E-state index in [2.05, 4.69) is 15.5 Å². The number of ether oxygens (including phenoxy) is 1. The Balaban J connectivity index is 1.82. The number of hydrogen-bond donors (Lipinski definition) is 3. The minimum atomic E-state index is -4.62. The summed E-state index contributed by atoms with van der Waals surface area (Å²) in [4.78, 5) is 12.7. The molecule has 1 amide bonds. The molecule has 0 bridgehead atoms. The lowest BCUT2D eigenvalue weighted by Crippen LogP contribution is -2.13. The van der Waals surface area contributed by atoms with E-state index in [1.807, 2.05) is 0 Å². The van der Waals surface area contributed by atoms with E-state index in [9.17, 15) is 22.9 Å². The van der Waals surface area contributed by atoms with E-state index in [0.29, 0.717) is 27.2 Å². The van der Waals surface area contributed by atoms with Gasteiger partial charge in [-0.2, -0.15) is 8.42 Å². The Kier molecular flexibility index (Phi) is 7.37. The first-order valence-corrected chi connectivity index (χ1v) is 12.8. The van der Waals surface area contributed by atoms with Crippen LogP contribution in [0.15, 0.2) is 75.8 Å². The predicted molar refractivity (Wildman–Crippen MR) is 142 cm³/mol. The number of hydrogen-bond acceptors (Lipinski definition) is 7. The highest BCUT2D eigenvalue weighted by Gasteiger charge is 2.22. The molecule has 12 heteroatoms. The smallest absolute Gasteiger partial charge is 0.296 e. The van der Waals surface area contributed by atoms with Crippen molar-refractivity contribution in [2.24, 2.45) is 10.2 Å². The van der Waals surface area contributed by atoms with E-state index in [1.165, 1.54) is 38.3 Å². The number of methoxy groups -OCH3 is 1. The highest BCUT2D eigenvalue weighted by Crippen LogP contribution is 2.41. The van der Waals surface area contributed by atoms with Gasteiger partial charge in [-0.1, -0.05) is 53.5 Å². The van der Waals surface area contributed by atoms with Crippen LogP contribution in [-0.4, -0.2) is 31.1 Å². The minimum Gasteiger partial charge on any atom is -0.505 e. The molecular formula is C25H19Cl2N3O6S. The number of halogens is 2. The number of carbonyl (C=O) groups excluding carboxylic acids is 1. The van der Waals surface area contributed by atoms with Crippen molar-refractivity contribution in [2.45, 2.75) is 11.8 Å². The number of phenols is 1. The summed E-state index contributed by atoms with van der Waals surface area (Å²) in [5.74, 6) is -0.775. The van der Waals surface area contributed by atoms with Gasteiger partial charge in [-0.3, -0.25) is 9.35 Å². The van der Waals surface area contributed by atoms with Gasteiger partial charge in [-0.25, -0.2) is 0 Å². The number of carbonyl (C=O) groups is 1. The second-order valence-corrected chi connectivity index (χ2v) is 10.0. The van der Waals surface area contributed by atoms with Crippen molar-refractivity contribution in [3.63, 3.8) is 0 Å². The lowest BCUT2D eigenvalue weighted by atomic mass is 10.0. The van der Waals surface area contributed by atoms with Crippen LogP contribution in [0.1, 0.15) is 15.9 Å². The van der Waals surface area contributed by atoms with E-state index in [0.717, 1.165) is 0 Å². The SMILES string of the molecule is COc1ccc(Cl)cc1NC(=O)c1cc2ccccc2c(N=Nc2ccc(C)c(S(=O)(=O)O)c2Cl)c1O. The van der Waals surface area contributed by atoms with Gasteiger partial charge >= 0.3 is 0 Å². The Morgan fingerprint density at radius 3 is 2.46 bits per heavy atom. The number of nitrogens with zero attached hydrogens (tertiary/aromatic N) is 2. The highest BCUT2D eigenvalue weighted by molar-refractivity contribution is 7.86. The first kappa shape index (κ1) is 26.4. The summed E-state index contributed by atoms with van der Waals surface area (Å²) in [5.41, 5.74) is 0.284. The molecule has 0 fully saturated rings. The van der Waals surface area contributed by atoms with Gasteiger partial charge in [0.05, 0.1) is 23.4 Å². The molecule has 0 atom stereocenters. The third-order valence-electron chi connectivity index (χ3n) is 5.44. The monoisotopic (exact) mass is 559 g/mol. The largest absolute Gasteiger partial charge is 0.505 e. The van der Waals surface area contributed by atoms with Crippen LogP contribution in [0.4, 0.5) is 17.1 Å². The summed E-state index contributed by atoms with van der Waals surface area (Å²) in [7, 11) is -3.19. The second-order valence-electron chi connectivity index (χ2n) is 7.86. The zero-order valence-electron chi connectivity index (χ0n) is 19.4. The average molecular weight is 560 g/mol. The molecule has 37 heavy (non-hydrogen) atoms. The first-order valence-electron chi connectivity index (χ1n) is 10.6. The number of anilines is 1. The molecular weight excluding hydrogens is 541 g/mol. The molecule has 0 aliphatic heterocycles. The summed E-state index contributed by atoms with van der Waals surface area (Å²) in [6, 6.07) is 15.9. The standard InChI is InChI=1S/C25H19Cl2N3O6S/c1-13-7-9-18(21(27)24(13)37(33,34)35)29-30-22-16-6-4-3-5-14(16)11-17(23(22)31)25(32)28-19-12-15(26)8-10-20(19)36-2/h3-12,31H,1-2H3,(H,28,32)(H,33,34,35). The highest BCUT2D eigenvalue weighted by atomic mass is 35.5. The fraction of sp³-hybridized carbons (Fsp3) is 0.0800. The summed E-state index contributed by atoms with van der Waals surface area (Å²) in [6.07, 6.45) is 0. The van der Waals surface area contributed by atoms with Crippen LogP contribution in [0.5, 0.6) is 11.5 Å². The molecule has 0 spiro atoms. The number of fused-ring (bicyclic) bond motifs is 1. The maximum Gasteiger partial charge on any atom is 0.296 e. The van der Waals surface area contributed by atoms with E-state index in [-0.39, 0.29) is 27.5 Å². The molecule has 0 unspecified atom stereocenters. The number of aryl methyl sites for hydroxylation is 1. The van der Waals surface area contributed by atoms with Crippen molar-refractivity contribution < 1.29 is 27.6 Å². The summed E-state index contributed by atoms with van der Waals surface area (Å²) in [6.45, 7) is 1.46. The summed E-state index contributed by atoms with van der Waals surface area (Å²) >= 11 is 12.2. The van der Waals surface area contributed by atoms with Gasteiger partial charge in [-0.05, 0) is 48.2 Å². The number of amides is 1. The van der Waals surface area contributed by atoms with Crippen molar-refractivity contribution in [1.82, 2.24) is 0 Å². The zero-order chi connectivity index (χ0) is 26.9. The predicted octanol–water partition coefficient (Wildman–Crippen LogP) is 7.08. The molecule has 4 rings (SSSR count). The van der Waals surface area contributed by atoms with Crippen LogP contribution < -0.4 is 10.1 Å². The van der Waals surface area contributed by atoms with Crippen LogP contribution in [0, 0.1) is 6.92 Å². The molecule has 4 aromatic rings. The lowest BCUT2D eigenvalue weighted by molar-refractivity contribution is 0.102. The summed E-state index contributed by atoms with van der Waals surface area (Å²) in [5, 5.41) is 22.9. The van der Waals surface area contributed by atoms with Gasteiger partial charge in [0, 0.05) is 10.4 Å². The fourth-order valence-corrected chi connectivity index (χ4v) is 5.22. The van der Waals surface area contributed by atoms with E-state index >= 15 is 0 Å². The number of aromatic hydroxyl groups is 1. The molecule has 3 N–H and O–H groups in total. The minimum absolute atomic E-state index is 0.0497. The third-order valence-corrected chi connectivity index (χ3v) is 7.21. The Bertz CT molecular complexity index is 1690. The topological polar surface area (TPSA) is 138 Å². The first-order chi connectivity index (χ1) is 17.5. The molecule has 4 aromatic carbocycles. The number of nitrogens with one attached hydrogen (secondary N) is 1. The summed E-state index contributed by atoms with van der Waals surface area (Å²) < 4.78 is 38.3. The van der Waals surface area contributed by atoms with Crippen LogP contribution in [0.3, 0.4) is 0 Å². The average Bonchev–Trinajstić information content (AvgIpc) is 2.83. The van der Waals surface area contributed by atoms with E-state index in [1.54, 1.807) is 36.4 Å². The van der Waals surface area contributed by atoms with E-state index in [4.69, 9.17) is 27.9 Å². The van der Waals surface area contributed by atoms with Gasteiger partial charge < -0.3 is 15.2 Å². The van der Waals surface area contributed by atoms with Gasteiger partial charge in [0.15, 0.2) is 5.75 Å². The van der Waals surface area contributed by atoms with Crippen molar-refractivity contribution in [3.05, 3.63) is 81.8 Å². The van der Waals surface area contributed by atoms with Gasteiger partial charge in [-0.15, -0.1) is 10.2 Å². The van der Waals surface area contributed by atoms with Crippen molar-refractivity contribution >= 4 is 67.1 Å². The number of phenolic OH excluding ortho intramolecular Hbond substituents is 1. The second kappa shape index (κ2) is 10.3. The molecule has 0 aliphatic rings. The molecule has 9 nitrogen and oxygen atoms in total. The van der Waals surface area contributed by atoms with Crippen LogP contribution in [0.2, 0.25) is 10.0 Å². The third kappa shape index (κ3) is 5.37. The van der Waals surface area contributed by atoms with E-state index < -0.39 is 26.7 Å². The number of benzene rings is 4. The lowest BCUT2D eigenvalue weighted by Gasteiger charge is -2.13. The van der Waals surface area contributed by atoms with Gasteiger partial charge in [0.1, 0.15) is 22.0 Å². The quantitative estimate of drug-likeness (QED) is 0.170. The molecule has 0 saturated heterocycles. The van der Waals surface area contributed by atoms with Crippen LogP contribution in [0.25, 0.3) is 10.8 Å². The fourth-order valence-electron chi connectivity index (χ4n) is 3.70. The maximum atomic E-state index is 13.2. The Morgan fingerprint density at radius 2 is 1.76 bits per heavy atom. The van der Waals surface area contributed by atoms with Gasteiger partial charge in [0.2, 0.25) is 0 Å². The van der Waals surface area contributed by atoms with Crippen molar-refractivity contribution in [1.29, 1.82) is 0 Å². The van der Waals surface area contributed by atoms with Crippen molar-refractivity contribution in [2.75, 3.05) is 12.4 Å². The van der Waals surface area contributed by atoms with Crippen molar-refractivity contribution in [3.8, 4) is 11.5 Å². The number of rotatable bonds is 6. The van der Waals surface area contributed by atoms with Gasteiger partial charge in [0.25, 0.3) is 16.0 Å². The zero-order valence-corrected chi connectivity index (χ0v) is 21.7. The molecule has 190 valence electrons. The molecule has 0 heterocycles. The number of azo groups is 1.